The van der Waals surface area contributed by atoms with Crippen molar-refractivity contribution in [1.82, 2.24) is 15.1 Å². The summed E-state index contributed by atoms with van der Waals surface area (Å²) in [5.74, 6) is -1.18. The Hall–Kier alpha value is -1.14. The summed E-state index contributed by atoms with van der Waals surface area (Å²) < 4.78 is 0. The molecule has 0 unspecified atom stereocenters. The zero-order valence-corrected chi connectivity index (χ0v) is 10.9. The minimum Gasteiger partial charge on any atom is -0.395 e. The highest BCUT2D eigenvalue weighted by Gasteiger charge is 2.19. The van der Waals surface area contributed by atoms with Crippen molar-refractivity contribution in [2.24, 2.45) is 0 Å². The molecule has 0 aliphatic heterocycles. The van der Waals surface area contributed by atoms with E-state index in [0.717, 1.165) is 13.0 Å². The van der Waals surface area contributed by atoms with Crippen molar-refractivity contribution in [3.05, 3.63) is 0 Å². The fraction of sp³-hybridized carbons (Fsp3) is 0.818. The van der Waals surface area contributed by atoms with E-state index < -0.39 is 11.8 Å². The second-order valence-corrected chi connectivity index (χ2v) is 4.02. The molecule has 0 aromatic rings. The SMILES string of the molecule is CCN(CCO)C(=O)C(=O)NCCCN(C)C. The van der Waals surface area contributed by atoms with E-state index in [2.05, 4.69) is 5.32 Å². The van der Waals surface area contributed by atoms with Gasteiger partial charge in [-0.3, -0.25) is 9.59 Å². The smallest absolute Gasteiger partial charge is 0.311 e. The lowest BCUT2D eigenvalue weighted by molar-refractivity contribution is -0.146. The van der Waals surface area contributed by atoms with Crippen molar-refractivity contribution < 1.29 is 14.7 Å². The lowest BCUT2D eigenvalue weighted by Crippen LogP contribution is -2.44. The average Bonchev–Trinajstić information content (AvgIpc) is 2.30. The van der Waals surface area contributed by atoms with Crippen molar-refractivity contribution in [2.75, 3.05) is 46.9 Å². The average molecular weight is 245 g/mol. The van der Waals surface area contributed by atoms with Crippen molar-refractivity contribution in [1.29, 1.82) is 0 Å². The number of hydrogen-bond acceptors (Lipinski definition) is 4. The van der Waals surface area contributed by atoms with E-state index in [-0.39, 0.29) is 13.2 Å². The summed E-state index contributed by atoms with van der Waals surface area (Å²) in [6.07, 6.45) is 0.804. The third-order valence-electron chi connectivity index (χ3n) is 2.30. The molecule has 6 heteroatoms. The fourth-order valence-corrected chi connectivity index (χ4v) is 1.34. The Bertz CT molecular complexity index is 244. The fourth-order valence-electron chi connectivity index (χ4n) is 1.34. The highest BCUT2D eigenvalue weighted by atomic mass is 16.3. The molecule has 2 amide bonds. The van der Waals surface area contributed by atoms with Gasteiger partial charge in [-0.1, -0.05) is 0 Å². The first-order chi connectivity index (χ1) is 8.02. The van der Waals surface area contributed by atoms with Gasteiger partial charge in [0.25, 0.3) is 0 Å². The summed E-state index contributed by atoms with van der Waals surface area (Å²) in [5.41, 5.74) is 0. The number of amides is 2. The summed E-state index contributed by atoms with van der Waals surface area (Å²) in [6.45, 7) is 3.60. The number of hydrogen-bond donors (Lipinski definition) is 2. The van der Waals surface area contributed by atoms with Crippen LogP contribution in [0.4, 0.5) is 0 Å². The molecule has 0 saturated heterocycles. The Balaban J connectivity index is 3.91. The molecule has 0 aromatic heterocycles. The zero-order valence-electron chi connectivity index (χ0n) is 10.9. The van der Waals surface area contributed by atoms with Gasteiger partial charge in [0.2, 0.25) is 0 Å². The molecule has 0 atom stereocenters. The van der Waals surface area contributed by atoms with Crippen LogP contribution >= 0.6 is 0 Å². The molecule has 0 aliphatic carbocycles. The summed E-state index contributed by atoms with van der Waals surface area (Å²) in [4.78, 5) is 26.4. The van der Waals surface area contributed by atoms with Crippen LogP contribution in [0.3, 0.4) is 0 Å². The molecule has 2 N–H and O–H groups in total. The van der Waals surface area contributed by atoms with Crippen molar-refractivity contribution in [3.8, 4) is 0 Å². The minimum atomic E-state index is -0.598. The van der Waals surface area contributed by atoms with Gasteiger partial charge in [0.1, 0.15) is 0 Å². The molecular formula is C11H23N3O3. The second-order valence-electron chi connectivity index (χ2n) is 4.02. The highest BCUT2D eigenvalue weighted by Crippen LogP contribution is 1.90. The summed E-state index contributed by atoms with van der Waals surface area (Å²) in [6, 6.07) is 0. The molecule has 0 aromatic carbocycles. The van der Waals surface area contributed by atoms with Gasteiger partial charge in [-0.15, -0.1) is 0 Å². The quantitative estimate of drug-likeness (QED) is 0.441. The number of rotatable bonds is 7. The predicted octanol–water partition coefficient (Wildman–Crippen LogP) is -1.10. The van der Waals surface area contributed by atoms with Crippen LogP contribution in [0, 0.1) is 0 Å². The van der Waals surface area contributed by atoms with E-state index >= 15 is 0 Å². The van der Waals surface area contributed by atoms with E-state index in [4.69, 9.17) is 5.11 Å². The third-order valence-corrected chi connectivity index (χ3v) is 2.30. The molecular weight excluding hydrogens is 222 g/mol. The first-order valence-corrected chi connectivity index (χ1v) is 5.85. The number of carbonyl (C=O) groups is 2. The maximum atomic E-state index is 11.6. The van der Waals surface area contributed by atoms with Crippen molar-refractivity contribution in [2.45, 2.75) is 13.3 Å². The van der Waals surface area contributed by atoms with Gasteiger partial charge in [0.15, 0.2) is 0 Å². The standard InChI is InChI=1S/C11H23N3O3/c1-4-14(8-9-15)11(17)10(16)12-6-5-7-13(2)3/h15H,4-9H2,1-3H3,(H,12,16). The molecule has 0 fully saturated rings. The van der Waals surface area contributed by atoms with Crippen LogP contribution in [0.15, 0.2) is 0 Å². The Morgan fingerprint density at radius 2 is 1.88 bits per heavy atom. The number of aliphatic hydroxyl groups is 1. The molecule has 0 spiro atoms. The molecule has 100 valence electrons. The van der Waals surface area contributed by atoms with Crippen LogP contribution in [0.1, 0.15) is 13.3 Å². The number of carbonyl (C=O) groups excluding carboxylic acids is 2. The van der Waals surface area contributed by atoms with Gasteiger partial charge in [0, 0.05) is 19.6 Å². The topological polar surface area (TPSA) is 72.9 Å². The van der Waals surface area contributed by atoms with Gasteiger partial charge in [0.05, 0.1) is 6.61 Å². The largest absolute Gasteiger partial charge is 0.395 e. The van der Waals surface area contributed by atoms with Gasteiger partial charge in [-0.05, 0) is 34.0 Å². The molecule has 0 radical (unpaired) electrons. The number of likely N-dealkylation sites (N-methyl/N-ethyl adjacent to an activating group) is 1. The third kappa shape index (κ3) is 6.91. The summed E-state index contributed by atoms with van der Waals surface area (Å²) >= 11 is 0. The summed E-state index contributed by atoms with van der Waals surface area (Å²) in [7, 11) is 3.90. The first kappa shape index (κ1) is 15.9. The van der Waals surface area contributed by atoms with E-state index in [1.807, 2.05) is 19.0 Å². The highest BCUT2D eigenvalue weighted by molar-refractivity contribution is 6.34. The lowest BCUT2D eigenvalue weighted by atomic mass is 10.3. The maximum absolute atomic E-state index is 11.6. The molecule has 0 heterocycles. The Labute approximate surface area is 103 Å². The van der Waals surface area contributed by atoms with Crippen LogP contribution in [-0.4, -0.2) is 73.6 Å². The monoisotopic (exact) mass is 245 g/mol. The summed E-state index contributed by atoms with van der Waals surface area (Å²) in [5, 5.41) is 11.3. The number of aliphatic hydroxyl groups excluding tert-OH is 1. The molecule has 17 heavy (non-hydrogen) atoms. The van der Waals surface area contributed by atoms with Crippen molar-refractivity contribution >= 4 is 11.8 Å². The molecule has 0 rings (SSSR count). The van der Waals surface area contributed by atoms with Crippen LogP contribution < -0.4 is 5.32 Å². The Morgan fingerprint density at radius 3 is 2.35 bits per heavy atom. The van der Waals surface area contributed by atoms with Crippen LogP contribution in [0.2, 0.25) is 0 Å². The van der Waals surface area contributed by atoms with Crippen LogP contribution in [-0.2, 0) is 9.59 Å². The molecule has 0 bridgehead atoms. The molecule has 0 aliphatic rings. The Morgan fingerprint density at radius 1 is 1.24 bits per heavy atom. The van der Waals surface area contributed by atoms with E-state index in [9.17, 15) is 9.59 Å². The van der Waals surface area contributed by atoms with Gasteiger partial charge >= 0.3 is 11.8 Å². The first-order valence-electron chi connectivity index (χ1n) is 5.85. The normalized spacial score (nSPS) is 10.4. The van der Waals surface area contributed by atoms with Crippen LogP contribution in [0.5, 0.6) is 0 Å². The number of nitrogens with one attached hydrogen (secondary N) is 1. The van der Waals surface area contributed by atoms with Gasteiger partial charge in [-0.2, -0.15) is 0 Å². The maximum Gasteiger partial charge on any atom is 0.311 e. The van der Waals surface area contributed by atoms with Gasteiger partial charge in [-0.25, -0.2) is 0 Å². The van der Waals surface area contributed by atoms with Gasteiger partial charge < -0.3 is 20.2 Å². The van der Waals surface area contributed by atoms with E-state index in [1.165, 1.54) is 4.90 Å². The lowest BCUT2D eigenvalue weighted by Gasteiger charge is -2.18. The number of nitrogens with zero attached hydrogens (tertiary/aromatic N) is 2. The second kappa shape index (κ2) is 8.95. The Kier molecular flexibility index (Phi) is 8.35. The van der Waals surface area contributed by atoms with E-state index in [0.29, 0.717) is 13.1 Å². The zero-order chi connectivity index (χ0) is 13.3. The van der Waals surface area contributed by atoms with Crippen LogP contribution in [0.25, 0.3) is 0 Å². The minimum absolute atomic E-state index is 0.131. The predicted molar refractivity (Wildman–Crippen MR) is 65.5 cm³/mol. The molecule has 0 saturated carbocycles. The van der Waals surface area contributed by atoms with Crippen molar-refractivity contribution in [3.63, 3.8) is 0 Å². The molecule has 6 nitrogen and oxygen atoms in total. The van der Waals surface area contributed by atoms with E-state index in [1.54, 1.807) is 6.92 Å².